The van der Waals surface area contributed by atoms with Gasteiger partial charge < -0.3 is 14.2 Å². The van der Waals surface area contributed by atoms with Crippen molar-refractivity contribution in [1.82, 2.24) is 0 Å². The van der Waals surface area contributed by atoms with E-state index < -0.39 is 17.6 Å². The molecule has 0 spiro atoms. The van der Waals surface area contributed by atoms with Crippen molar-refractivity contribution in [2.45, 2.75) is 77.1 Å². The van der Waals surface area contributed by atoms with Gasteiger partial charge in [0.05, 0.1) is 6.61 Å². The third-order valence-electron chi connectivity index (χ3n) is 4.56. The Morgan fingerprint density at radius 1 is 0.808 bits per heavy atom. The van der Waals surface area contributed by atoms with E-state index in [4.69, 9.17) is 14.2 Å². The molecule has 0 radical (unpaired) electrons. The second-order valence-electron chi connectivity index (χ2n) is 6.69. The van der Waals surface area contributed by atoms with E-state index in [1.165, 1.54) is 44.2 Å². The van der Waals surface area contributed by atoms with Crippen LogP contribution in [-0.4, -0.2) is 26.8 Å². The minimum absolute atomic E-state index is 0.399. The predicted molar refractivity (Wildman–Crippen MR) is 100.0 cm³/mol. The average molecular weight is 372 g/mol. The highest BCUT2D eigenvalue weighted by atomic mass is 19.1. The van der Waals surface area contributed by atoms with Crippen LogP contribution in [0.15, 0.2) is 18.2 Å². The molecule has 3 nitrogen and oxygen atoms in total. The van der Waals surface area contributed by atoms with Crippen molar-refractivity contribution in [2.75, 3.05) is 20.8 Å². The number of ether oxygens (including phenoxy) is 3. The first-order valence-corrected chi connectivity index (χ1v) is 9.74. The fourth-order valence-corrected chi connectivity index (χ4v) is 3.04. The number of benzene rings is 1. The van der Waals surface area contributed by atoms with Gasteiger partial charge in [-0.2, -0.15) is 0 Å². The SMILES string of the molecule is CCCCCCCCCC(OC)(OC)OCCCc1cc(F)cc(F)c1. The van der Waals surface area contributed by atoms with Crippen LogP contribution in [0, 0.1) is 11.6 Å². The predicted octanol–water partition coefficient (Wildman–Crippen LogP) is 6.00. The molecule has 0 aliphatic heterocycles. The number of methoxy groups -OCH3 is 2. The molecule has 0 aromatic heterocycles. The van der Waals surface area contributed by atoms with Crippen LogP contribution in [0.2, 0.25) is 0 Å². The van der Waals surface area contributed by atoms with Crippen LogP contribution in [0.1, 0.15) is 70.3 Å². The van der Waals surface area contributed by atoms with Gasteiger partial charge in [0, 0.05) is 26.7 Å². The van der Waals surface area contributed by atoms with E-state index in [2.05, 4.69) is 6.92 Å². The summed E-state index contributed by atoms with van der Waals surface area (Å²) in [7, 11) is 3.15. The maximum absolute atomic E-state index is 13.2. The van der Waals surface area contributed by atoms with Gasteiger partial charge in [-0.05, 0) is 37.0 Å². The van der Waals surface area contributed by atoms with Gasteiger partial charge in [-0.15, -0.1) is 0 Å². The lowest BCUT2D eigenvalue weighted by Crippen LogP contribution is -2.37. The summed E-state index contributed by atoms with van der Waals surface area (Å²) in [4.78, 5) is 0. The normalized spacial score (nSPS) is 11.9. The van der Waals surface area contributed by atoms with E-state index in [0.29, 0.717) is 31.4 Å². The van der Waals surface area contributed by atoms with Crippen molar-refractivity contribution in [3.63, 3.8) is 0 Å². The van der Waals surface area contributed by atoms with E-state index in [1.807, 2.05) is 0 Å². The molecule has 1 rings (SSSR count). The Morgan fingerprint density at radius 3 is 1.96 bits per heavy atom. The number of aryl methyl sites for hydroxylation is 1. The van der Waals surface area contributed by atoms with E-state index in [0.717, 1.165) is 18.9 Å². The van der Waals surface area contributed by atoms with Crippen LogP contribution in [0.5, 0.6) is 0 Å². The molecule has 1 aromatic rings. The molecule has 0 unspecified atom stereocenters. The van der Waals surface area contributed by atoms with Crippen LogP contribution >= 0.6 is 0 Å². The van der Waals surface area contributed by atoms with E-state index in [1.54, 1.807) is 14.2 Å². The summed E-state index contributed by atoms with van der Waals surface area (Å²) < 4.78 is 43.1. The Morgan fingerprint density at radius 2 is 1.38 bits per heavy atom. The van der Waals surface area contributed by atoms with Crippen LogP contribution in [0.25, 0.3) is 0 Å². The van der Waals surface area contributed by atoms with Crippen LogP contribution in [0.4, 0.5) is 8.78 Å². The molecule has 0 bridgehead atoms. The highest BCUT2D eigenvalue weighted by molar-refractivity contribution is 5.17. The van der Waals surface area contributed by atoms with Crippen LogP contribution < -0.4 is 0 Å². The van der Waals surface area contributed by atoms with Gasteiger partial charge in [-0.25, -0.2) is 8.78 Å². The molecule has 0 saturated heterocycles. The molecule has 0 aliphatic carbocycles. The molecule has 150 valence electrons. The Balaban J connectivity index is 2.29. The van der Waals surface area contributed by atoms with E-state index >= 15 is 0 Å². The van der Waals surface area contributed by atoms with E-state index in [-0.39, 0.29) is 0 Å². The van der Waals surface area contributed by atoms with Gasteiger partial charge in [0.15, 0.2) is 0 Å². The van der Waals surface area contributed by atoms with Gasteiger partial charge in [0.2, 0.25) is 0 Å². The number of rotatable bonds is 15. The number of unbranched alkanes of at least 4 members (excludes halogenated alkanes) is 6. The summed E-state index contributed by atoms with van der Waals surface area (Å²) in [5.41, 5.74) is 0.624. The Bertz CT molecular complexity index is 470. The Kier molecular flexibility index (Phi) is 11.7. The van der Waals surface area contributed by atoms with Crippen molar-refractivity contribution in [3.05, 3.63) is 35.4 Å². The Labute approximate surface area is 157 Å². The first-order valence-electron chi connectivity index (χ1n) is 9.74. The molecule has 0 amide bonds. The van der Waals surface area contributed by atoms with Gasteiger partial charge >= 0.3 is 0 Å². The largest absolute Gasteiger partial charge is 0.331 e. The molecule has 0 heterocycles. The number of halogens is 2. The zero-order chi connectivity index (χ0) is 19.3. The lowest BCUT2D eigenvalue weighted by Gasteiger charge is -2.30. The van der Waals surface area contributed by atoms with Crippen molar-refractivity contribution >= 4 is 0 Å². The van der Waals surface area contributed by atoms with Crippen molar-refractivity contribution < 1.29 is 23.0 Å². The highest BCUT2D eigenvalue weighted by Crippen LogP contribution is 2.23. The number of hydrogen-bond acceptors (Lipinski definition) is 3. The Hall–Kier alpha value is -1.04. The first kappa shape index (κ1) is 23.0. The van der Waals surface area contributed by atoms with Crippen molar-refractivity contribution in [1.29, 1.82) is 0 Å². The zero-order valence-corrected chi connectivity index (χ0v) is 16.5. The standard InChI is InChI=1S/C21H34F2O3/c1-4-5-6-7-8-9-10-13-21(24-2,25-3)26-14-11-12-18-15-19(22)17-20(23)16-18/h15-17H,4-14H2,1-3H3. The van der Waals surface area contributed by atoms with Crippen molar-refractivity contribution in [2.24, 2.45) is 0 Å². The van der Waals surface area contributed by atoms with Crippen LogP contribution in [0.3, 0.4) is 0 Å². The van der Waals surface area contributed by atoms with Gasteiger partial charge in [0.1, 0.15) is 11.6 Å². The molecule has 1 aromatic carbocycles. The summed E-state index contributed by atoms with van der Waals surface area (Å²) in [5.74, 6) is -2.14. The minimum atomic E-state index is -1.03. The molecule has 0 aliphatic rings. The van der Waals surface area contributed by atoms with Gasteiger partial charge in [-0.1, -0.05) is 45.4 Å². The van der Waals surface area contributed by atoms with Gasteiger partial charge in [0.25, 0.3) is 5.97 Å². The topological polar surface area (TPSA) is 27.7 Å². The fraction of sp³-hybridized carbons (Fsp3) is 0.714. The van der Waals surface area contributed by atoms with E-state index in [9.17, 15) is 8.78 Å². The van der Waals surface area contributed by atoms with Crippen molar-refractivity contribution in [3.8, 4) is 0 Å². The second kappa shape index (κ2) is 13.2. The fourth-order valence-electron chi connectivity index (χ4n) is 3.04. The molecule has 26 heavy (non-hydrogen) atoms. The minimum Gasteiger partial charge on any atom is -0.331 e. The van der Waals surface area contributed by atoms with Gasteiger partial charge in [-0.3, -0.25) is 0 Å². The zero-order valence-electron chi connectivity index (χ0n) is 16.5. The average Bonchev–Trinajstić information content (AvgIpc) is 2.62. The lowest BCUT2D eigenvalue weighted by molar-refractivity contribution is -0.365. The summed E-state index contributed by atoms with van der Waals surface area (Å²) in [6, 6.07) is 3.58. The molecule has 0 N–H and O–H groups in total. The molecule has 0 saturated carbocycles. The first-order chi connectivity index (χ1) is 12.5. The lowest BCUT2D eigenvalue weighted by atomic mass is 10.1. The molecule has 0 atom stereocenters. The maximum atomic E-state index is 13.2. The maximum Gasteiger partial charge on any atom is 0.282 e. The smallest absolute Gasteiger partial charge is 0.282 e. The second-order valence-corrected chi connectivity index (χ2v) is 6.69. The third-order valence-corrected chi connectivity index (χ3v) is 4.56. The van der Waals surface area contributed by atoms with Crippen LogP contribution in [-0.2, 0) is 20.6 Å². The molecular weight excluding hydrogens is 338 g/mol. The molecular formula is C21H34F2O3. The summed E-state index contributed by atoms with van der Waals surface area (Å²) in [6.07, 6.45) is 10.3. The quantitative estimate of drug-likeness (QED) is 0.279. The third kappa shape index (κ3) is 9.06. The molecule has 0 fully saturated rings. The monoisotopic (exact) mass is 372 g/mol. The highest BCUT2D eigenvalue weighted by Gasteiger charge is 2.30. The number of hydrogen-bond donors (Lipinski definition) is 0. The summed E-state index contributed by atoms with van der Waals surface area (Å²) in [5, 5.41) is 0. The summed E-state index contributed by atoms with van der Waals surface area (Å²) in [6.45, 7) is 2.62. The molecule has 5 heteroatoms. The summed E-state index contributed by atoms with van der Waals surface area (Å²) >= 11 is 0.